The summed E-state index contributed by atoms with van der Waals surface area (Å²) in [5.74, 6) is -0.418. The number of aliphatic imine (C=N–C) groups is 1. The third-order valence-corrected chi connectivity index (χ3v) is 4.12. The van der Waals surface area contributed by atoms with E-state index in [1.54, 1.807) is 18.2 Å². The molecular formula is C18H12BrF2NO4. The summed E-state index contributed by atoms with van der Waals surface area (Å²) < 4.78 is 40.1. The second-order valence-corrected chi connectivity index (χ2v) is 5.96. The van der Waals surface area contributed by atoms with Crippen molar-refractivity contribution >= 4 is 33.9 Å². The maximum Gasteiger partial charge on any atom is 0.387 e. The lowest BCUT2D eigenvalue weighted by Gasteiger charge is -2.10. The molecule has 0 amide bonds. The maximum absolute atomic E-state index is 12.4. The Kier molecular flexibility index (Phi) is 5.32. The number of carbonyl (C=O) groups is 1. The summed E-state index contributed by atoms with van der Waals surface area (Å²) in [7, 11) is 1.33. The van der Waals surface area contributed by atoms with Crippen molar-refractivity contribution in [3.8, 4) is 11.5 Å². The summed E-state index contributed by atoms with van der Waals surface area (Å²) in [6.45, 7) is -2.96. The van der Waals surface area contributed by atoms with Gasteiger partial charge in [0.25, 0.3) is 0 Å². The highest BCUT2D eigenvalue weighted by Crippen LogP contribution is 2.31. The first-order chi connectivity index (χ1) is 12.5. The molecule has 0 radical (unpaired) electrons. The molecule has 0 aliphatic carbocycles. The van der Waals surface area contributed by atoms with Gasteiger partial charge >= 0.3 is 12.6 Å². The van der Waals surface area contributed by atoms with E-state index in [9.17, 15) is 13.6 Å². The van der Waals surface area contributed by atoms with Crippen LogP contribution in [0.5, 0.6) is 11.5 Å². The summed E-state index contributed by atoms with van der Waals surface area (Å²) in [6.07, 6.45) is 1.47. The molecule has 0 saturated carbocycles. The average Bonchev–Trinajstić information content (AvgIpc) is 2.96. The second-order valence-electron chi connectivity index (χ2n) is 5.10. The topological polar surface area (TPSA) is 57.1 Å². The predicted octanol–water partition coefficient (Wildman–Crippen LogP) is 4.40. The molecule has 0 spiro atoms. The molecule has 0 saturated heterocycles. The van der Waals surface area contributed by atoms with Crippen LogP contribution in [0.15, 0.2) is 57.6 Å². The Labute approximate surface area is 156 Å². The van der Waals surface area contributed by atoms with Gasteiger partial charge in [0.2, 0.25) is 5.90 Å². The fraction of sp³-hybridized carbons (Fsp3) is 0.111. The molecular weight excluding hydrogens is 412 g/mol. The molecule has 1 aliphatic rings. The van der Waals surface area contributed by atoms with Crippen LogP contribution in [0.4, 0.5) is 8.78 Å². The van der Waals surface area contributed by atoms with Gasteiger partial charge in [-0.3, -0.25) is 0 Å². The Morgan fingerprint density at radius 3 is 2.65 bits per heavy atom. The van der Waals surface area contributed by atoms with Crippen molar-refractivity contribution in [3.63, 3.8) is 0 Å². The van der Waals surface area contributed by atoms with E-state index in [-0.39, 0.29) is 23.1 Å². The van der Waals surface area contributed by atoms with Crippen LogP contribution in [-0.4, -0.2) is 25.6 Å². The van der Waals surface area contributed by atoms with Crippen molar-refractivity contribution < 1.29 is 27.8 Å². The van der Waals surface area contributed by atoms with Gasteiger partial charge in [-0.05, 0) is 51.8 Å². The Morgan fingerprint density at radius 1 is 1.19 bits per heavy atom. The predicted molar refractivity (Wildman–Crippen MR) is 94.4 cm³/mol. The molecule has 3 rings (SSSR count). The van der Waals surface area contributed by atoms with Crippen molar-refractivity contribution in [1.82, 2.24) is 0 Å². The summed E-state index contributed by atoms with van der Waals surface area (Å²) >= 11 is 3.38. The number of hydrogen-bond acceptors (Lipinski definition) is 5. The van der Waals surface area contributed by atoms with E-state index in [1.165, 1.54) is 31.4 Å². The highest BCUT2D eigenvalue weighted by molar-refractivity contribution is 9.10. The molecule has 0 unspecified atom stereocenters. The van der Waals surface area contributed by atoms with Crippen LogP contribution in [0.25, 0.3) is 6.08 Å². The number of methoxy groups -OCH3 is 1. The Bertz CT molecular complexity index is 912. The van der Waals surface area contributed by atoms with E-state index in [0.29, 0.717) is 11.1 Å². The number of benzene rings is 2. The number of esters is 1. The quantitative estimate of drug-likeness (QED) is 0.528. The number of cyclic esters (lactones) is 1. The first kappa shape index (κ1) is 18.1. The number of rotatable bonds is 5. The summed E-state index contributed by atoms with van der Waals surface area (Å²) in [5.41, 5.74) is 1.25. The van der Waals surface area contributed by atoms with Gasteiger partial charge in [-0.25, -0.2) is 9.79 Å². The van der Waals surface area contributed by atoms with Crippen molar-refractivity contribution in [2.75, 3.05) is 7.11 Å². The Hall–Kier alpha value is -2.74. The molecule has 0 fully saturated rings. The highest BCUT2D eigenvalue weighted by Gasteiger charge is 2.25. The van der Waals surface area contributed by atoms with Crippen LogP contribution >= 0.6 is 15.9 Å². The molecule has 0 atom stereocenters. The van der Waals surface area contributed by atoms with E-state index >= 15 is 0 Å². The zero-order valence-electron chi connectivity index (χ0n) is 13.4. The number of ether oxygens (including phenoxy) is 3. The van der Waals surface area contributed by atoms with Gasteiger partial charge < -0.3 is 14.2 Å². The van der Waals surface area contributed by atoms with Crippen molar-refractivity contribution in [2.24, 2.45) is 4.99 Å². The molecule has 1 heterocycles. The van der Waals surface area contributed by atoms with Gasteiger partial charge in [-0.15, -0.1) is 0 Å². The van der Waals surface area contributed by atoms with Crippen LogP contribution in [0, 0.1) is 0 Å². The normalized spacial score (nSPS) is 15.2. The van der Waals surface area contributed by atoms with Gasteiger partial charge in [-0.1, -0.05) is 18.2 Å². The third-order valence-electron chi connectivity index (χ3n) is 3.43. The van der Waals surface area contributed by atoms with E-state index in [4.69, 9.17) is 9.47 Å². The third kappa shape index (κ3) is 3.91. The SMILES string of the molecule is COc1cc(/C=C2\N=C(c3ccccc3Br)OC2=O)ccc1OC(F)F. The number of hydrogen-bond donors (Lipinski definition) is 0. The standard InChI is InChI=1S/C18H12BrF2NO4/c1-24-15-9-10(6-7-14(15)25-18(20)21)8-13-17(23)26-16(22-13)11-4-2-3-5-12(11)19/h2-9,18H,1H3/b13-8-. The Balaban J connectivity index is 1.92. The summed E-state index contributed by atoms with van der Waals surface area (Å²) in [5, 5.41) is 0. The number of halogens is 3. The Morgan fingerprint density at radius 2 is 1.96 bits per heavy atom. The molecule has 0 N–H and O–H groups in total. The first-order valence-corrected chi connectivity index (χ1v) is 8.17. The zero-order valence-corrected chi connectivity index (χ0v) is 15.0. The monoisotopic (exact) mass is 423 g/mol. The largest absolute Gasteiger partial charge is 0.493 e. The van der Waals surface area contributed by atoms with Crippen molar-refractivity contribution in [1.29, 1.82) is 0 Å². The fourth-order valence-corrected chi connectivity index (χ4v) is 2.74. The smallest absolute Gasteiger partial charge is 0.387 e. The van der Waals surface area contributed by atoms with Crippen molar-refractivity contribution in [3.05, 3.63) is 63.8 Å². The minimum absolute atomic E-state index is 0.0836. The molecule has 1 aliphatic heterocycles. The van der Waals surface area contributed by atoms with Crippen LogP contribution < -0.4 is 9.47 Å². The minimum atomic E-state index is -2.96. The summed E-state index contributed by atoms with van der Waals surface area (Å²) in [6, 6.07) is 11.5. The molecule has 2 aromatic carbocycles. The molecule has 5 nitrogen and oxygen atoms in total. The second kappa shape index (κ2) is 7.65. The lowest BCUT2D eigenvalue weighted by Crippen LogP contribution is -2.06. The maximum atomic E-state index is 12.4. The van der Waals surface area contributed by atoms with Crippen LogP contribution in [0.1, 0.15) is 11.1 Å². The lowest BCUT2D eigenvalue weighted by atomic mass is 10.1. The fourth-order valence-electron chi connectivity index (χ4n) is 2.28. The van der Waals surface area contributed by atoms with Gasteiger partial charge in [0.15, 0.2) is 17.2 Å². The van der Waals surface area contributed by atoms with Crippen LogP contribution in [-0.2, 0) is 9.53 Å². The molecule has 0 aromatic heterocycles. The van der Waals surface area contributed by atoms with Gasteiger partial charge in [0, 0.05) is 4.47 Å². The van der Waals surface area contributed by atoms with Gasteiger partial charge in [0.05, 0.1) is 12.7 Å². The molecule has 26 heavy (non-hydrogen) atoms. The molecule has 2 aromatic rings. The van der Waals surface area contributed by atoms with Crippen molar-refractivity contribution in [2.45, 2.75) is 6.61 Å². The van der Waals surface area contributed by atoms with Gasteiger partial charge in [0.1, 0.15) is 0 Å². The van der Waals surface area contributed by atoms with Gasteiger partial charge in [-0.2, -0.15) is 8.78 Å². The first-order valence-electron chi connectivity index (χ1n) is 7.38. The van der Waals surface area contributed by atoms with E-state index < -0.39 is 12.6 Å². The average molecular weight is 424 g/mol. The van der Waals surface area contributed by atoms with E-state index in [2.05, 4.69) is 25.7 Å². The molecule has 0 bridgehead atoms. The van der Waals surface area contributed by atoms with E-state index in [0.717, 1.165) is 4.47 Å². The number of carbonyl (C=O) groups excluding carboxylic acids is 1. The van der Waals surface area contributed by atoms with E-state index in [1.807, 2.05) is 6.07 Å². The minimum Gasteiger partial charge on any atom is -0.493 e. The molecule has 134 valence electrons. The van der Waals surface area contributed by atoms with Crippen LogP contribution in [0.3, 0.4) is 0 Å². The number of alkyl halides is 2. The number of nitrogens with zero attached hydrogens (tertiary/aromatic N) is 1. The lowest BCUT2D eigenvalue weighted by molar-refractivity contribution is -0.129. The summed E-state index contributed by atoms with van der Waals surface area (Å²) in [4.78, 5) is 16.3. The highest BCUT2D eigenvalue weighted by atomic mass is 79.9. The molecule has 8 heteroatoms. The van der Waals surface area contributed by atoms with Crippen LogP contribution in [0.2, 0.25) is 0 Å². The zero-order chi connectivity index (χ0) is 18.7.